The number of amidine groups is 1. The molecule has 0 saturated carbocycles. The van der Waals surface area contributed by atoms with Crippen molar-refractivity contribution in [3.05, 3.63) is 22.4 Å². The van der Waals surface area contributed by atoms with Crippen LogP contribution >= 0.6 is 11.3 Å². The molecular formula is C10H17N3OS. The Morgan fingerprint density at radius 3 is 2.93 bits per heavy atom. The molecule has 15 heavy (non-hydrogen) atoms. The summed E-state index contributed by atoms with van der Waals surface area (Å²) in [5.74, 6) is 0.206. The minimum absolute atomic E-state index is 0.0733. The summed E-state index contributed by atoms with van der Waals surface area (Å²) in [5, 5.41) is 16.5. The van der Waals surface area contributed by atoms with Gasteiger partial charge in [0.25, 0.3) is 0 Å². The van der Waals surface area contributed by atoms with Gasteiger partial charge in [-0.25, -0.2) is 0 Å². The SMILES string of the molecule is CC(C)(CNC/C(N)=N/O)c1cccs1. The maximum absolute atomic E-state index is 8.37. The van der Waals surface area contributed by atoms with Gasteiger partial charge in [0, 0.05) is 16.8 Å². The van der Waals surface area contributed by atoms with E-state index in [4.69, 9.17) is 10.9 Å². The Balaban J connectivity index is 2.44. The summed E-state index contributed by atoms with van der Waals surface area (Å²) in [6.07, 6.45) is 0. The Morgan fingerprint density at radius 1 is 1.67 bits per heavy atom. The van der Waals surface area contributed by atoms with Crippen LogP contribution in [0.3, 0.4) is 0 Å². The Kier molecular flexibility index (Phi) is 4.11. The van der Waals surface area contributed by atoms with Crippen LogP contribution in [0.25, 0.3) is 0 Å². The van der Waals surface area contributed by atoms with E-state index < -0.39 is 0 Å². The average Bonchev–Trinajstić information content (AvgIpc) is 2.70. The summed E-state index contributed by atoms with van der Waals surface area (Å²) in [4.78, 5) is 1.33. The first-order valence-electron chi connectivity index (χ1n) is 4.77. The van der Waals surface area contributed by atoms with Crippen LogP contribution in [0, 0.1) is 0 Å². The van der Waals surface area contributed by atoms with Gasteiger partial charge in [0.2, 0.25) is 0 Å². The van der Waals surface area contributed by atoms with Crippen LogP contribution in [-0.2, 0) is 5.41 Å². The van der Waals surface area contributed by atoms with E-state index >= 15 is 0 Å². The van der Waals surface area contributed by atoms with Crippen LogP contribution in [0.5, 0.6) is 0 Å². The lowest BCUT2D eigenvalue weighted by Crippen LogP contribution is -2.37. The van der Waals surface area contributed by atoms with Gasteiger partial charge in [-0.1, -0.05) is 25.1 Å². The predicted octanol–water partition coefficient (Wildman–Crippen LogP) is 1.36. The molecule has 0 aliphatic heterocycles. The van der Waals surface area contributed by atoms with E-state index in [-0.39, 0.29) is 11.3 Å². The van der Waals surface area contributed by atoms with Crippen molar-refractivity contribution in [2.45, 2.75) is 19.3 Å². The third kappa shape index (κ3) is 3.53. The van der Waals surface area contributed by atoms with Crippen LogP contribution in [0.1, 0.15) is 18.7 Å². The lowest BCUT2D eigenvalue weighted by atomic mass is 9.91. The van der Waals surface area contributed by atoms with Crippen molar-refractivity contribution in [3.63, 3.8) is 0 Å². The maximum Gasteiger partial charge on any atom is 0.153 e. The summed E-state index contributed by atoms with van der Waals surface area (Å²) < 4.78 is 0. The van der Waals surface area contributed by atoms with Crippen molar-refractivity contribution in [2.75, 3.05) is 13.1 Å². The third-order valence-electron chi connectivity index (χ3n) is 2.19. The molecule has 84 valence electrons. The number of hydrogen-bond acceptors (Lipinski definition) is 4. The Hall–Kier alpha value is -1.07. The molecule has 4 N–H and O–H groups in total. The van der Waals surface area contributed by atoms with Gasteiger partial charge >= 0.3 is 0 Å². The van der Waals surface area contributed by atoms with Crippen LogP contribution in [0.2, 0.25) is 0 Å². The van der Waals surface area contributed by atoms with E-state index in [1.54, 1.807) is 11.3 Å². The summed E-state index contributed by atoms with van der Waals surface area (Å²) in [6, 6.07) is 4.17. The molecule has 1 aromatic heterocycles. The number of hydrogen-bond donors (Lipinski definition) is 3. The van der Waals surface area contributed by atoms with Crippen molar-refractivity contribution in [1.82, 2.24) is 5.32 Å². The van der Waals surface area contributed by atoms with Crippen LogP contribution in [0.15, 0.2) is 22.7 Å². The van der Waals surface area contributed by atoms with Gasteiger partial charge in [-0.15, -0.1) is 11.3 Å². The highest BCUT2D eigenvalue weighted by molar-refractivity contribution is 7.10. The highest BCUT2D eigenvalue weighted by atomic mass is 32.1. The average molecular weight is 227 g/mol. The van der Waals surface area contributed by atoms with E-state index in [1.165, 1.54) is 4.88 Å². The Bertz CT molecular complexity index is 319. The molecule has 1 rings (SSSR count). The zero-order valence-corrected chi connectivity index (χ0v) is 9.84. The summed E-state index contributed by atoms with van der Waals surface area (Å²) in [5.41, 5.74) is 5.43. The second-order valence-corrected chi connectivity index (χ2v) is 5.00. The molecule has 0 unspecified atom stereocenters. The Morgan fingerprint density at radius 2 is 2.40 bits per heavy atom. The van der Waals surface area contributed by atoms with E-state index in [9.17, 15) is 0 Å². The van der Waals surface area contributed by atoms with E-state index in [2.05, 4.69) is 35.8 Å². The summed E-state index contributed by atoms with van der Waals surface area (Å²) in [7, 11) is 0. The third-order valence-corrected chi connectivity index (χ3v) is 3.43. The largest absolute Gasteiger partial charge is 0.409 e. The molecule has 0 bridgehead atoms. The molecule has 0 aliphatic carbocycles. The van der Waals surface area contributed by atoms with Crippen LogP contribution < -0.4 is 11.1 Å². The first kappa shape index (κ1) is 12.0. The monoisotopic (exact) mass is 227 g/mol. The van der Waals surface area contributed by atoms with Crippen molar-refractivity contribution >= 4 is 17.2 Å². The number of nitrogens with zero attached hydrogens (tertiary/aromatic N) is 1. The van der Waals surface area contributed by atoms with Crippen molar-refractivity contribution in [3.8, 4) is 0 Å². The van der Waals surface area contributed by atoms with Gasteiger partial charge in [0.1, 0.15) is 0 Å². The van der Waals surface area contributed by atoms with Crippen LogP contribution in [-0.4, -0.2) is 24.1 Å². The second kappa shape index (κ2) is 5.14. The van der Waals surface area contributed by atoms with Crippen molar-refractivity contribution in [2.24, 2.45) is 10.9 Å². The fraction of sp³-hybridized carbons (Fsp3) is 0.500. The number of nitrogens with two attached hydrogens (primary N) is 1. The van der Waals surface area contributed by atoms with E-state index in [0.717, 1.165) is 6.54 Å². The highest BCUT2D eigenvalue weighted by Crippen LogP contribution is 2.26. The molecule has 0 saturated heterocycles. The molecule has 0 spiro atoms. The van der Waals surface area contributed by atoms with Gasteiger partial charge in [0.05, 0.1) is 6.54 Å². The molecule has 5 heteroatoms. The first-order valence-corrected chi connectivity index (χ1v) is 5.65. The molecule has 0 aromatic carbocycles. The van der Waals surface area contributed by atoms with E-state index in [1.807, 2.05) is 6.07 Å². The number of thiophene rings is 1. The van der Waals surface area contributed by atoms with Gasteiger partial charge in [0.15, 0.2) is 5.84 Å². The zero-order chi connectivity index (χ0) is 11.3. The lowest BCUT2D eigenvalue weighted by Gasteiger charge is -2.23. The smallest absolute Gasteiger partial charge is 0.153 e. The first-order chi connectivity index (χ1) is 7.06. The van der Waals surface area contributed by atoms with Crippen LogP contribution in [0.4, 0.5) is 0 Å². The maximum atomic E-state index is 8.37. The quantitative estimate of drug-likeness (QED) is 0.308. The minimum atomic E-state index is 0.0733. The van der Waals surface area contributed by atoms with Gasteiger partial charge in [-0.3, -0.25) is 0 Å². The van der Waals surface area contributed by atoms with Crippen molar-refractivity contribution in [1.29, 1.82) is 0 Å². The lowest BCUT2D eigenvalue weighted by molar-refractivity contribution is 0.316. The number of oxime groups is 1. The molecule has 1 aromatic rings. The fourth-order valence-electron chi connectivity index (χ4n) is 1.29. The van der Waals surface area contributed by atoms with Gasteiger partial charge in [-0.2, -0.15) is 0 Å². The summed E-state index contributed by atoms with van der Waals surface area (Å²) >= 11 is 1.74. The van der Waals surface area contributed by atoms with Crippen molar-refractivity contribution < 1.29 is 5.21 Å². The summed E-state index contributed by atoms with van der Waals surface area (Å²) in [6.45, 7) is 5.53. The topological polar surface area (TPSA) is 70.6 Å². The molecular weight excluding hydrogens is 210 g/mol. The van der Waals surface area contributed by atoms with Gasteiger partial charge < -0.3 is 16.3 Å². The number of nitrogens with one attached hydrogen (secondary N) is 1. The molecule has 4 nitrogen and oxygen atoms in total. The second-order valence-electron chi connectivity index (χ2n) is 4.06. The zero-order valence-electron chi connectivity index (χ0n) is 9.03. The Labute approximate surface area is 93.8 Å². The molecule has 0 aliphatic rings. The molecule has 0 fully saturated rings. The number of rotatable bonds is 5. The highest BCUT2D eigenvalue weighted by Gasteiger charge is 2.20. The molecule has 0 radical (unpaired) electrons. The normalized spacial score (nSPS) is 13.1. The van der Waals surface area contributed by atoms with E-state index in [0.29, 0.717) is 6.54 Å². The standard InChI is InChI=1S/C10H17N3OS/c1-10(2,8-4-3-5-15-8)7-12-6-9(11)13-14/h3-5,12,14H,6-7H2,1-2H3,(H2,11,13). The predicted molar refractivity (Wildman–Crippen MR) is 63.6 cm³/mol. The fourth-order valence-corrected chi connectivity index (χ4v) is 2.14. The molecule has 0 atom stereocenters. The van der Waals surface area contributed by atoms with Gasteiger partial charge in [-0.05, 0) is 11.4 Å². The molecule has 0 amide bonds. The minimum Gasteiger partial charge on any atom is -0.409 e. The molecule has 1 heterocycles.